The van der Waals surface area contributed by atoms with Gasteiger partial charge in [0.25, 0.3) is 0 Å². The Hall–Kier alpha value is -0.0900. The summed E-state index contributed by atoms with van der Waals surface area (Å²) in [5, 5.41) is 0. The van der Waals surface area contributed by atoms with E-state index in [1.807, 2.05) is 0 Å². The summed E-state index contributed by atoms with van der Waals surface area (Å²) in [4.78, 5) is 12.9. The van der Waals surface area contributed by atoms with Gasteiger partial charge in [-0.15, -0.1) is 0 Å². The van der Waals surface area contributed by atoms with Gasteiger partial charge in [0.05, 0.1) is 5.75 Å². The Labute approximate surface area is 69.0 Å². The molecule has 1 amide bonds. The second-order valence-electron chi connectivity index (χ2n) is 2.55. The highest BCUT2D eigenvalue weighted by Crippen LogP contribution is 2.33. The Morgan fingerprint density at radius 1 is 1.60 bits per heavy atom. The Bertz CT molecular complexity index is 184. The molecule has 0 aromatic rings. The van der Waals surface area contributed by atoms with Crippen molar-refractivity contribution in [3.05, 3.63) is 0 Å². The van der Waals surface area contributed by atoms with Crippen LogP contribution in [0.4, 0.5) is 0 Å². The molecule has 2 fully saturated rings. The lowest BCUT2D eigenvalue weighted by Gasteiger charge is -2.12. The molecule has 2 nitrogen and oxygen atoms in total. The topological polar surface area (TPSA) is 20.3 Å². The monoisotopic (exact) mass is 173 g/mol. The van der Waals surface area contributed by atoms with E-state index in [0.717, 1.165) is 17.2 Å². The summed E-state index contributed by atoms with van der Waals surface area (Å²) in [5.41, 5.74) is 0. The van der Waals surface area contributed by atoms with Gasteiger partial charge in [-0.05, 0) is 12.8 Å². The highest BCUT2D eigenvalue weighted by molar-refractivity contribution is 8.23. The normalized spacial score (nSPS) is 26.2. The predicted molar refractivity (Wildman–Crippen MR) is 44.9 cm³/mol. The summed E-state index contributed by atoms with van der Waals surface area (Å²) in [6.45, 7) is 0. The predicted octanol–water partition coefficient (Wildman–Crippen LogP) is 1.01. The molecule has 0 N–H and O–H groups in total. The van der Waals surface area contributed by atoms with E-state index in [9.17, 15) is 4.79 Å². The van der Waals surface area contributed by atoms with Crippen LogP contribution >= 0.6 is 24.0 Å². The molecule has 1 aliphatic heterocycles. The first kappa shape index (κ1) is 6.61. The number of hydrogen-bond acceptors (Lipinski definition) is 3. The first-order valence-corrected chi connectivity index (χ1v) is 4.67. The molecule has 4 heteroatoms. The van der Waals surface area contributed by atoms with E-state index < -0.39 is 0 Å². The van der Waals surface area contributed by atoms with E-state index in [0.29, 0.717) is 11.8 Å². The molecule has 0 radical (unpaired) electrons. The molecule has 0 atom stereocenters. The maximum absolute atomic E-state index is 11.1. The zero-order valence-electron chi connectivity index (χ0n) is 5.37. The maximum Gasteiger partial charge on any atom is 0.238 e. The Morgan fingerprint density at radius 2 is 2.30 bits per heavy atom. The SMILES string of the molecule is O=C1CSC(=S)N1C1CC1. The van der Waals surface area contributed by atoms with E-state index in [2.05, 4.69) is 0 Å². The molecule has 2 aliphatic rings. The number of amides is 1. The summed E-state index contributed by atoms with van der Waals surface area (Å²) in [5.74, 6) is 0.771. The van der Waals surface area contributed by atoms with Crippen LogP contribution in [0.2, 0.25) is 0 Å². The highest BCUT2D eigenvalue weighted by atomic mass is 32.2. The molecule has 0 spiro atoms. The molecular weight excluding hydrogens is 166 g/mol. The van der Waals surface area contributed by atoms with Crippen molar-refractivity contribution in [3.8, 4) is 0 Å². The molecule has 0 aromatic heterocycles. The number of carbonyl (C=O) groups excluding carboxylic acids is 1. The van der Waals surface area contributed by atoms with E-state index in [-0.39, 0.29) is 5.91 Å². The number of thioether (sulfide) groups is 1. The number of rotatable bonds is 1. The van der Waals surface area contributed by atoms with E-state index >= 15 is 0 Å². The summed E-state index contributed by atoms with van der Waals surface area (Å²) in [7, 11) is 0. The molecule has 0 bridgehead atoms. The average molecular weight is 173 g/mol. The maximum atomic E-state index is 11.1. The zero-order chi connectivity index (χ0) is 7.14. The van der Waals surface area contributed by atoms with Gasteiger partial charge in [0.15, 0.2) is 0 Å². The Balaban J connectivity index is 2.15. The highest BCUT2D eigenvalue weighted by Gasteiger charge is 2.38. The summed E-state index contributed by atoms with van der Waals surface area (Å²) < 4.78 is 0.785. The van der Waals surface area contributed by atoms with Gasteiger partial charge in [0, 0.05) is 6.04 Å². The summed E-state index contributed by atoms with van der Waals surface area (Å²) in [6, 6.07) is 0.468. The number of thiocarbonyl (C=S) groups is 1. The van der Waals surface area contributed by atoms with Crippen molar-refractivity contribution in [1.82, 2.24) is 4.90 Å². The van der Waals surface area contributed by atoms with Crippen molar-refractivity contribution in [1.29, 1.82) is 0 Å². The van der Waals surface area contributed by atoms with E-state index in [1.54, 1.807) is 4.90 Å². The fourth-order valence-electron chi connectivity index (χ4n) is 1.05. The van der Waals surface area contributed by atoms with Crippen LogP contribution in [0, 0.1) is 0 Å². The van der Waals surface area contributed by atoms with Crippen molar-refractivity contribution in [3.63, 3.8) is 0 Å². The lowest BCUT2D eigenvalue weighted by atomic mass is 10.5. The van der Waals surface area contributed by atoms with Gasteiger partial charge in [0.1, 0.15) is 4.32 Å². The minimum absolute atomic E-state index is 0.206. The van der Waals surface area contributed by atoms with Gasteiger partial charge in [-0.2, -0.15) is 0 Å². The third-order valence-electron chi connectivity index (χ3n) is 1.70. The van der Waals surface area contributed by atoms with Crippen LogP contribution < -0.4 is 0 Å². The molecule has 1 saturated carbocycles. The molecule has 10 heavy (non-hydrogen) atoms. The first-order chi connectivity index (χ1) is 4.79. The molecule has 0 unspecified atom stereocenters. The van der Waals surface area contributed by atoms with Gasteiger partial charge in [0.2, 0.25) is 5.91 Å². The smallest absolute Gasteiger partial charge is 0.238 e. The van der Waals surface area contributed by atoms with Crippen LogP contribution in [0.25, 0.3) is 0 Å². The van der Waals surface area contributed by atoms with Gasteiger partial charge in [-0.1, -0.05) is 24.0 Å². The lowest BCUT2D eigenvalue weighted by molar-refractivity contribution is -0.124. The van der Waals surface area contributed by atoms with Crippen molar-refractivity contribution in [2.45, 2.75) is 18.9 Å². The average Bonchev–Trinajstić information content (AvgIpc) is 2.64. The molecule has 1 aliphatic carbocycles. The minimum atomic E-state index is 0.206. The Morgan fingerprint density at radius 3 is 2.70 bits per heavy atom. The molecule has 1 heterocycles. The van der Waals surface area contributed by atoms with E-state index in [1.165, 1.54) is 11.8 Å². The first-order valence-electron chi connectivity index (χ1n) is 3.28. The van der Waals surface area contributed by atoms with Gasteiger partial charge < -0.3 is 0 Å². The van der Waals surface area contributed by atoms with Gasteiger partial charge in [-0.25, -0.2) is 0 Å². The summed E-state index contributed by atoms with van der Waals surface area (Å²) >= 11 is 6.49. The number of nitrogens with zero attached hydrogens (tertiary/aromatic N) is 1. The third kappa shape index (κ3) is 0.953. The molecule has 1 saturated heterocycles. The zero-order valence-corrected chi connectivity index (χ0v) is 7.00. The second-order valence-corrected chi connectivity index (χ2v) is 4.16. The summed E-state index contributed by atoms with van der Waals surface area (Å²) in [6.07, 6.45) is 2.29. The minimum Gasteiger partial charge on any atom is -0.294 e. The molecule has 2 rings (SSSR count). The van der Waals surface area contributed by atoms with Crippen LogP contribution in [-0.2, 0) is 4.79 Å². The van der Waals surface area contributed by atoms with Crippen LogP contribution in [-0.4, -0.2) is 26.9 Å². The lowest BCUT2D eigenvalue weighted by Crippen LogP contribution is -2.30. The van der Waals surface area contributed by atoms with E-state index in [4.69, 9.17) is 12.2 Å². The van der Waals surface area contributed by atoms with Crippen molar-refractivity contribution in [2.24, 2.45) is 0 Å². The van der Waals surface area contributed by atoms with Crippen molar-refractivity contribution in [2.75, 3.05) is 5.75 Å². The quantitative estimate of drug-likeness (QED) is 0.552. The van der Waals surface area contributed by atoms with Crippen LogP contribution in [0.5, 0.6) is 0 Å². The molecule has 0 aromatic carbocycles. The van der Waals surface area contributed by atoms with Crippen LogP contribution in [0.1, 0.15) is 12.8 Å². The Kier molecular flexibility index (Phi) is 1.46. The standard InChI is InChI=1S/C6H7NOS2/c8-5-3-10-6(9)7(5)4-1-2-4/h4H,1-3H2. The number of hydrogen-bond donors (Lipinski definition) is 0. The van der Waals surface area contributed by atoms with Crippen molar-refractivity contribution >= 4 is 34.2 Å². The van der Waals surface area contributed by atoms with Crippen molar-refractivity contribution < 1.29 is 4.79 Å². The molecule has 54 valence electrons. The fraction of sp³-hybridized carbons (Fsp3) is 0.667. The van der Waals surface area contributed by atoms with Gasteiger partial charge >= 0.3 is 0 Å². The second kappa shape index (κ2) is 2.20. The fourth-order valence-corrected chi connectivity index (χ4v) is 2.25. The largest absolute Gasteiger partial charge is 0.294 e. The number of carbonyl (C=O) groups is 1. The van der Waals surface area contributed by atoms with Gasteiger partial charge in [-0.3, -0.25) is 9.69 Å². The third-order valence-corrected chi connectivity index (χ3v) is 3.08. The van der Waals surface area contributed by atoms with Crippen LogP contribution in [0.15, 0.2) is 0 Å². The molecular formula is C6H7NOS2. The van der Waals surface area contributed by atoms with Crippen LogP contribution in [0.3, 0.4) is 0 Å².